The van der Waals surface area contributed by atoms with E-state index in [1.807, 2.05) is 6.92 Å². The monoisotopic (exact) mass is 378 g/mol. The Morgan fingerprint density at radius 1 is 1.25 bits per heavy atom. The van der Waals surface area contributed by atoms with E-state index in [-0.39, 0.29) is 0 Å². The Kier molecular flexibility index (Phi) is 5.78. The maximum atomic E-state index is 12.0. The molecule has 0 aliphatic heterocycles. The Bertz CT molecular complexity index is 135. The molecule has 0 spiro atoms. The SMILES string of the molecule is CCCC[Se](Br)(Br)CC(F)(F)F. The van der Waals surface area contributed by atoms with E-state index in [9.17, 15) is 13.2 Å². The van der Waals surface area contributed by atoms with E-state index >= 15 is 0 Å². The third kappa shape index (κ3) is 7.89. The molecule has 0 amide bonds. The van der Waals surface area contributed by atoms with Crippen molar-refractivity contribution in [2.75, 3.05) is 0 Å². The summed E-state index contributed by atoms with van der Waals surface area (Å²) in [5.41, 5.74) is 0. The topological polar surface area (TPSA) is 0 Å². The number of halogens is 5. The fourth-order valence-electron chi connectivity index (χ4n) is 0.667. The average Bonchev–Trinajstić information content (AvgIpc) is 1.78. The Morgan fingerprint density at radius 2 is 1.75 bits per heavy atom. The van der Waals surface area contributed by atoms with Crippen molar-refractivity contribution in [1.82, 2.24) is 0 Å². The van der Waals surface area contributed by atoms with E-state index in [0.717, 1.165) is 12.8 Å². The van der Waals surface area contributed by atoms with Crippen molar-refractivity contribution in [3.8, 4) is 0 Å². The predicted molar refractivity (Wildman–Crippen MR) is 54.2 cm³/mol. The molecule has 0 saturated heterocycles. The Hall–Kier alpha value is 1.27. The van der Waals surface area contributed by atoms with Crippen LogP contribution >= 0.6 is 28.2 Å². The molecule has 0 N–H and O–H groups in total. The second-order valence-corrected chi connectivity index (χ2v) is 24.3. The van der Waals surface area contributed by atoms with Crippen LogP contribution in [0.1, 0.15) is 19.8 Å². The molecule has 0 aromatic carbocycles. The average molecular weight is 379 g/mol. The van der Waals surface area contributed by atoms with Gasteiger partial charge in [0.1, 0.15) is 0 Å². The van der Waals surface area contributed by atoms with Gasteiger partial charge in [-0.15, -0.1) is 0 Å². The molecule has 6 heteroatoms. The van der Waals surface area contributed by atoms with E-state index in [1.165, 1.54) is 0 Å². The second kappa shape index (κ2) is 5.22. The van der Waals surface area contributed by atoms with Gasteiger partial charge in [0.05, 0.1) is 0 Å². The van der Waals surface area contributed by atoms with Gasteiger partial charge in [-0.25, -0.2) is 0 Å². The van der Waals surface area contributed by atoms with Crippen LogP contribution in [0, 0.1) is 0 Å². The zero-order valence-electron chi connectivity index (χ0n) is 6.63. The Labute approximate surface area is 86.9 Å². The van der Waals surface area contributed by atoms with Gasteiger partial charge >= 0.3 is 87.2 Å². The summed E-state index contributed by atoms with van der Waals surface area (Å²) in [6.45, 7) is 1.97. The maximum absolute atomic E-state index is 12.0. The molecule has 0 aromatic rings. The fraction of sp³-hybridized carbons (Fsp3) is 1.00. The van der Waals surface area contributed by atoms with Crippen molar-refractivity contribution < 1.29 is 13.2 Å². The molecule has 0 heterocycles. The van der Waals surface area contributed by atoms with E-state index in [4.69, 9.17) is 0 Å². The van der Waals surface area contributed by atoms with Gasteiger partial charge < -0.3 is 0 Å². The molecule has 76 valence electrons. The van der Waals surface area contributed by atoms with Crippen molar-refractivity contribution in [3.05, 3.63) is 0 Å². The molecule has 0 rings (SSSR count). The first-order chi connectivity index (χ1) is 5.27. The quantitative estimate of drug-likeness (QED) is 0.628. The zero-order chi connectivity index (χ0) is 9.83. The molecule has 0 radical (unpaired) electrons. The van der Waals surface area contributed by atoms with Crippen LogP contribution < -0.4 is 0 Å². The van der Waals surface area contributed by atoms with Crippen LogP contribution in [0.2, 0.25) is 10.6 Å². The number of alkyl halides is 3. The Balaban J connectivity index is 3.86. The van der Waals surface area contributed by atoms with Crippen molar-refractivity contribution in [1.29, 1.82) is 0 Å². The van der Waals surface area contributed by atoms with E-state index in [1.54, 1.807) is 0 Å². The number of hydrogen-bond acceptors (Lipinski definition) is 0. The molecular weight excluding hydrogens is 368 g/mol. The summed E-state index contributed by atoms with van der Waals surface area (Å²) in [4.78, 5) is 0. The van der Waals surface area contributed by atoms with E-state index < -0.39 is 20.7 Å². The molecule has 0 nitrogen and oxygen atoms in total. The van der Waals surface area contributed by atoms with Crippen molar-refractivity contribution in [3.63, 3.8) is 0 Å². The summed E-state index contributed by atoms with van der Waals surface area (Å²) < 4.78 is 35.9. The summed E-state index contributed by atoms with van der Waals surface area (Å²) >= 11 is 6.34. The third-order valence-electron chi connectivity index (χ3n) is 1.17. The molecule has 0 atom stereocenters. The summed E-state index contributed by atoms with van der Waals surface area (Å²) in [5.74, 6) is 0. The number of unbranched alkanes of at least 4 members (excludes halogenated alkanes) is 1. The van der Waals surface area contributed by atoms with Gasteiger partial charge in [-0.3, -0.25) is 0 Å². The van der Waals surface area contributed by atoms with Gasteiger partial charge in [-0.2, -0.15) is 0 Å². The van der Waals surface area contributed by atoms with Crippen molar-refractivity contribution >= 4 is 37.4 Å². The van der Waals surface area contributed by atoms with Crippen LogP contribution in [0.4, 0.5) is 13.2 Å². The second-order valence-electron chi connectivity index (χ2n) is 2.52. The van der Waals surface area contributed by atoms with Gasteiger partial charge in [-0.05, 0) is 0 Å². The zero-order valence-corrected chi connectivity index (χ0v) is 11.5. The normalized spacial score (nSPS) is 14.8. The first kappa shape index (κ1) is 13.3. The summed E-state index contributed by atoms with van der Waals surface area (Å²) in [6.07, 6.45) is -2.25. The van der Waals surface area contributed by atoms with Gasteiger partial charge in [0.25, 0.3) is 0 Å². The molecule has 0 bridgehead atoms. The first-order valence-electron chi connectivity index (χ1n) is 3.51. The molecule has 0 fully saturated rings. The van der Waals surface area contributed by atoms with Crippen molar-refractivity contribution in [2.45, 2.75) is 36.6 Å². The molecular formula is C6H11Br2F3Se. The number of hydrogen-bond donors (Lipinski definition) is 0. The van der Waals surface area contributed by atoms with E-state index in [0.29, 0.717) is 5.32 Å². The molecule has 12 heavy (non-hydrogen) atoms. The molecule has 0 unspecified atom stereocenters. The van der Waals surface area contributed by atoms with Crippen molar-refractivity contribution in [2.24, 2.45) is 0 Å². The first-order valence-corrected chi connectivity index (χ1v) is 14.0. The van der Waals surface area contributed by atoms with Crippen LogP contribution in [0.5, 0.6) is 0 Å². The minimum atomic E-state index is -4.04. The summed E-state index contributed by atoms with van der Waals surface area (Å²) in [7, 11) is -2.53. The van der Waals surface area contributed by atoms with Crippen LogP contribution in [0.15, 0.2) is 0 Å². The molecule has 0 aliphatic rings. The van der Waals surface area contributed by atoms with E-state index in [2.05, 4.69) is 28.2 Å². The summed E-state index contributed by atoms with van der Waals surface area (Å²) in [6, 6.07) is 0. The van der Waals surface area contributed by atoms with Crippen LogP contribution in [0.25, 0.3) is 0 Å². The van der Waals surface area contributed by atoms with Crippen LogP contribution in [-0.2, 0) is 0 Å². The summed E-state index contributed by atoms with van der Waals surface area (Å²) in [5, 5.41) is -0.0317. The molecule has 0 saturated carbocycles. The Morgan fingerprint density at radius 3 is 2.08 bits per heavy atom. The number of rotatable bonds is 4. The fourth-order valence-corrected chi connectivity index (χ4v) is 8.54. The molecule has 0 aliphatic carbocycles. The predicted octanol–water partition coefficient (Wildman–Crippen LogP) is 4.58. The van der Waals surface area contributed by atoms with Gasteiger partial charge in [-0.1, -0.05) is 0 Å². The van der Waals surface area contributed by atoms with Crippen LogP contribution in [0.3, 0.4) is 0 Å². The van der Waals surface area contributed by atoms with Gasteiger partial charge in [0.2, 0.25) is 0 Å². The van der Waals surface area contributed by atoms with Gasteiger partial charge in [0.15, 0.2) is 0 Å². The standard InChI is InChI=1S/C6H11Br2F3Se/c1-2-3-4-12(7,8)5-6(9,10)11/h2-5H2,1H3. The van der Waals surface area contributed by atoms with Crippen LogP contribution in [-0.4, -0.2) is 15.4 Å². The minimum absolute atomic E-state index is 0.645. The molecule has 0 aromatic heterocycles. The van der Waals surface area contributed by atoms with Gasteiger partial charge in [0, 0.05) is 0 Å². The third-order valence-corrected chi connectivity index (χ3v) is 10.3.